The number of hydrogen-bond acceptors (Lipinski definition) is 4. The minimum absolute atomic E-state index is 0.319. The van der Waals surface area contributed by atoms with Crippen LogP contribution >= 0.6 is 0 Å². The first-order chi connectivity index (χ1) is 8.26. The molecule has 0 aliphatic carbocycles. The Hall–Kier alpha value is -0.810. The Morgan fingerprint density at radius 3 is 2.67 bits per heavy atom. The zero-order valence-electron chi connectivity index (χ0n) is 11.7. The standard InChI is InChI=1S/C13H26N2O3/c1-12(2,3)18-11(16)15-9-5-4-6-13(17,10-15)7-8-14/h17H,4-10,14H2,1-3H3. The zero-order chi connectivity index (χ0) is 13.8. The lowest BCUT2D eigenvalue weighted by atomic mass is 9.94. The van der Waals surface area contributed by atoms with Crippen LogP contribution in [0, 0.1) is 0 Å². The number of nitrogens with zero attached hydrogens (tertiary/aromatic N) is 1. The van der Waals surface area contributed by atoms with Crippen LogP contribution in [0.2, 0.25) is 0 Å². The van der Waals surface area contributed by atoms with E-state index in [0.717, 1.165) is 12.8 Å². The van der Waals surface area contributed by atoms with Gasteiger partial charge in [-0.25, -0.2) is 4.79 Å². The summed E-state index contributed by atoms with van der Waals surface area (Å²) < 4.78 is 5.35. The van der Waals surface area contributed by atoms with Gasteiger partial charge >= 0.3 is 6.09 Å². The van der Waals surface area contributed by atoms with E-state index >= 15 is 0 Å². The molecule has 3 N–H and O–H groups in total. The summed E-state index contributed by atoms with van der Waals surface area (Å²) in [5.74, 6) is 0. The molecule has 1 aliphatic heterocycles. The number of ether oxygens (including phenoxy) is 1. The molecule has 0 saturated carbocycles. The average molecular weight is 258 g/mol. The quantitative estimate of drug-likeness (QED) is 0.786. The van der Waals surface area contributed by atoms with Crippen molar-refractivity contribution in [3.63, 3.8) is 0 Å². The van der Waals surface area contributed by atoms with E-state index in [-0.39, 0.29) is 6.09 Å². The molecule has 106 valence electrons. The molecular weight excluding hydrogens is 232 g/mol. The molecule has 1 atom stereocenters. The molecule has 1 aliphatic rings. The summed E-state index contributed by atoms with van der Waals surface area (Å²) in [4.78, 5) is 13.6. The molecule has 1 saturated heterocycles. The number of hydrogen-bond donors (Lipinski definition) is 2. The van der Waals surface area contributed by atoms with Crippen LogP contribution in [0.25, 0.3) is 0 Å². The van der Waals surface area contributed by atoms with Crippen molar-refractivity contribution in [1.29, 1.82) is 0 Å². The van der Waals surface area contributed by atoms with Crippen LogP contribution in [0.1, 0.15) is 46.5 Å². The SMILES string of the molecule is CC(C)(C)OC(=O)N1CCCCC(O)(CCN)C1. The maximum Gasteiger partial charge on any atom is 0.410 e. The van der Waals surface area contributed by atoms with Gasteiger partial charge < -0.3 is 20.5 Å². The van der Waals surface area contributed by atoms with Crippen molar-refractivity contribution >= 4 is 6.09 Å². The average Bonchev–Trinajstić information content (AvgIpc) is 2.38. The lowest BCUT2D eigenvalue weighted by molar-refractivity contribution is -0.0173. The van der Waals surface area contributed by atoms with Crippen LogP contribution < -0.4 is 5.73 Å². The fourth-order valence-corrected chi connectivity index (χ4v) is 2.23. The summed E-state index contributed by atoms with van der Waals surface area (Å²) in [5, 5.41) is 10.4. The van der Waals surface area contributed by atoms with E-state index in [9.17, 15) is 9.90 Å². The van der Waals surface area contributed by atoms with Gasteiger partial charge in [-0.3, -0.25) is 0 Å². The van der Waals surface area contributed by atoms with Crippen molar-refractivity contribution in [3.8, 4) is 0 Å². The van der Waals surface area contributed by atoms with E-state index in [1.165, 1.54) is 0 Å². The molecule has 1 fully saturated rings. The van der Waals surface area contributed by atoms with Gasteiger partial charge in [-0.2, -0.15) is 0 Å². The lowest BCUT2D eigenvalue weighted by Crippen LogP contribution is -2.46. The number of nitrogens with two attached hydrogens (primary N) is 1. The van der Waals surface area contributed by atoms with Gasteiger partial charge in [0.05, 0.1) is 12.1 Å². The maximum atomic E-state index is 12.0. The summed E-state index contributed by atoms with van der Waals surface area (Å²) in [7, 11) is 0. The summed E-state index contributed by atoms with van der Waals surface area (Å²) in [6.45, 7) is 6.91. The van der Waals surface area contributed by atoms with E-state index in [1.54, 1.807) is 4.90 Å². The van der Waals surface area contributed by atoms with Gasteiger partial charge in [-0.05, 0) is 53.0 Å². The van der Waals surface area contributed by atoms with Gasteiger partial charge in [0.1, 0.15) is 5.60 Å². The van der Waals surface area contributed by atoms with E-state index in [1.807, 2.05) is 20.8 Å². The van der Waals surface area contributed by atoms with E-state index in [4.69, 9.17) is 10.5 Å². The molecule has 1 rings (SSSR count). The van der Waals surface area contributed by atoms with E-state index in [0.29, 0.717) is 32.5 Å². The van der Waals surface area contributed by atoms with Crippen LogP contribution in [-0.4, -0.2) is 46.9 Å². The predicted octanol–water partition coefficient (Wildman–Crippen LogP) is 1.49. The zero-order valence-corrected chi connectivity index (χ0v) is 11.7. The number of aliphatic hydroxyl groups is 1. The van der Waals surface area contributed by atoms with Crippen LogP contribution in [0.4, 0.5) is 4.79 Å². The highest BCUT2D eigenvalue weighted by Gasteiger charge is 2.34. The van der Waals surface area contributed by atoms with E-state index in [2.05, 4.69) is 0 Å². The second-order valence-electron chi connectivity index (χ2n) is 6.12. The van der Waals surface area contributed by atoms with E-state index < -0.39 is 11.2 Å². The molecule has 0 aromatic rings. The second kappa shape index (κ2) is 5.89. The van der Waals surface area contributed by atoms with Gasteiger partial charge in [-0.1, -0.05) is 0 Å². The fraction of sp³-hybridized carbons (Fsp3) is 0.923. The first kappa shape index (κ1) is 15.2. The number of amides is 1. The molecule has 5 nitrogen and oxygen atoms in total. The van der Waals surface area contributed by atoms with Gasteiger partial charge in [0.25, 0.3) is 0 Å². The normalized spacial score (nSPS) is 25.7. The largest absolute Gasteiger partial charge is 0.444 e. The third-order valence-corrected chi connectivity index (χ3v) is 3.07. The van der Waals surface area contributed by atoms with Crippen molar-refractivity contribution in [2.75, 3.05) is 19.6 Å². The molecular formula is C13H26N2O3. The third kappa shape index (κ3) is 4.82. The Morgan fingerprint density at radius 1 is 1.44 bits per heavy atom. The first-order valence-electron chi connectivity index (χ1n) is 6.66. The number of β-amino-alcohol motifs (C(OH)–C–C–N with tert-alkyl or cyclic N) is 1. The molecule has 1 amide bonds. The topological polar surface area (TPSA) is 75.8 Å². The Kier molecular flexibility index (Phi) is 4.99. The van der Waals surface area contributed by atoms with Crippen LogP contribution in [0.5, 0.6) is 0 Å². The highest BCUT2D eigenvalue weighted by atomic mass is 16.6. The summed E-state index contributed by atoms with van der Waals surface area (Å²) in [5.41, 5.74) is 4.16. The number of carbonyl (C=O) groups excluding carboxylic acids is 1. The number of carbonyl (C=O) groups is 1. The molecule has 0 radical (unpaired) electrons. The number of likely N-dealkylation sites (tertiary alicyclic amines) is 1. The van der Waals surface area contributed by atoms with Gasteiger partial charge in [0, 0.05) is 6.54 Å². The monoisotopic (exact) mass is 258 g/mol. The molecule has 18 heavy (non-hydrogen) atoms. The van der Waals surface area contributed by atoms with Crippen molar-refractivity contribution in [2.24, 2.45) is 5.73 Å². The summed E-state index contributed by atoms with van der Waals surface area (Å²) in [6.07, 6.45) is 2.68. The van der Waals surface area contributed by atoms with Crippen molar-refractivity contribution < 1.29 is 14.6 Å². The Bertz CT molecular complexity index is 288. The van der Waals surface area contributed by atoms with Gasteiger partial charge in [0.2, 0.25) is 0 Å². The molecule has 0 aromatic carbocycles. The summed E-state index contributed by atoms with van der Waals surface area (Å²) >= 11 is 0. The van der Waals surface area contributed by atoms with Gasteiger partial charge in [0.15, 0.2) is 0 Å². The lowest BCUT2D eigenvalue weighted by Gasteiger charge is -2.32. The smallest absolute Gasteiger partial charge is 0.410 e. The molecule has 0 aromatic heterocycles. The predicted molar refractivity (Wildman–Crippen MR) is 70.3 cm³/mol. The molecule has 0 spiro atoms. The Balaban J connectivity index is 2.67. The van der Waals surface area contributed by atoms with Crippen LogP contribution in [0.15, 0.2) is 0 Å². The minimum atomic E-state index is -0.859. The molecule has 1 unspecified atom stereocenters. The van der Waals surface area contributed by atoms with Crippen LogP contribution in [0.3, 0.4) is 0 Å². The third-order valence-electron chi connectivity index (χ3n) is 3.07. The van der Waals surface area contributed by atoms with Crippen LogP contribution in [-0.2, 0) is 4.74 Å². The molecule has 5 heteroatoms. The fourth-order valence-electron chi connectivity index (χ4n) is 2.23. The minimum Gasteiger partial charge on any atom is -0.444 e. The van der Waals surface area contributed by atoms with Crippen molar-refractivity contribution in [1.82, 2.24) is 4.90 Å². The molecule has 0 bridgehead atoms. The van der Waals surface area contributed by atoms with Gasteiger partial charge in [-0.15, -0.1) is 0 Å². The highest BCUT2D eigenvalue weighted by molar-refractivity contribution is 5.68. The van der Waals surface area contributed by atoms with Crippen molar-refractivity contribution in [2.45, 2.75) is 57.7 Å². The Labute approximate surface area is 109 Å². The first-order valence-corrected chi connectivity index (χ1v) is 6.66. The maximum absolute atomic E-state index is 12.0. The number of rotatable bonds is 2. The highest BCUT2D eigenvalue weighted by Crippen LogP contribution is 2.24. The second-order valence-corrected chi connectivity index (χ2v) is 6.12. The Morgan fingerprint density at radius 2 is 2.11 bits per heavy atom. The molecule has 1 heterocycles. The van der Waals surface area contributed by atoms with Crippen molar-refractivity contribution in [3.05, 3.63) is 0 Å². The summed E-state index contributed by atoms with van der Waals surface area (Å²) in [6, 6.07) is 0.